The standard InChI is InChI=1S/C9H11NO4/c10-5-2-3-1-4(5)7(9(13)14)6(3)8(11)12/h3-5H,1-2,10H2,(H,11,12)(H,13,14)/t3-,4+,5+/m0/s1. The fourth-order valence-corrected chi connectivity index (χ4v) is 2.62. The summed E-state index contributed by atoms with van der Waals surface area (Å²) in [6.45, 7) is 0. The summed E-state index contributed by atoms with van der Waals surface area (Å²) in [5.74, 6) is -2.66. The van der Waals surface area contributed by atoms with E-state index in [1.807, 2.05) is 0 Å². The van der Waals surface area contributed by atoms with Crippen molar-refractivity contribution >= 4 is 11.9 Å². The van der Waals surface area contributed by atoms with Gasteiger partial charge in [0.2, 0.25) is 0 Å². The minimum atomic E-state index is -1.13. The second-order valence-electron chi connectivity index (χ2n) is 3.88. The molecule has 5 nitrogen and oxygen atoms in total. The molecule has 1 saturated carbocycles. The first-order valence-corrected chi connectivity index (χ1v) is 4.48. The highest BCUT2D eigenvalue weighted by molar-refractivity contribution is 6.01. The summed E-state index contributed by atoms with van der Waals surface area (Å²) in [5, 5.41) is 17.8. The Bertz CT molecular complexity index is 347. The lowest BCUT2D eigenvalue weighted by Crippen LogP contribution is -2.32. The van der Waals surface area contributed by atoms with E-state index < -0.39 is 11.9 Å². The third kappa shape index (κ3) is 1.05. The molecule has 14 heavy (non-hydrogen) atoms. The number of hydrogen-bond acceptors (Lipinski definition) is 3. The number of hydrogen-bond donors (Lipinski definition) is 3. The van der Waals surface area contributed by atoms with Gasteiger partial charge in [-0.1, -0.05) is 0 Å². The molecular weight excluding hydrogens is 186 g/mol. The van der Waals surface area contributed by atoms with Gasteiger partial charge in [0.25, 0.3) is 0 Å². The van der Waals surface area contributed by atoms with E-state index >= 15 is 0 Å². The molecule has 2 aliphatic rings. The van der Waals surface area contributed by atoms with E-state index in [2.05, 4.69) is 0 Å². The van der Waals surface area contributed by atoms with Crippen LogP contribution in [0.4, 0.5) is 0 Å². The summed E-state index contributed by atoms with van der Waals surface area (Å²) in [5.41, 5.74) is 5.82. The first-order valence-electron chi connectivity index (χ1n) is 4.48. The Morgan fingerprint density at radius 3 is 2.21 bits per heavy atom. The van der Waals surface area contributed by atoms with Crippen molar-refractivity contribution in [2.75, 3.05) is 0 Å². The van der Waals surface area contributed by atoms with Gasteiger partial charge in [0.15, 0.2) is 0 Å². The van der Waals surface area contributed by atoms with Gasteiger partial charge < -0.3 is 15.9 Å². The summed E-state index contributed by atoms with van der Waals surface area (Å²) in [7, 11) is 0. The maximum absolute atomic E-state index is 10.9. The SMILES string of the molecule is N[C@@H]1C[C@@H]2C[C@H]1C(C(=O)O)=C2C(=O)O. The van der Waals surface area contributed by atoms with Crippen LogP contribution in [0.25, 0.3) is 0 Å². The molecule has 0 spiro atoms. The van der Waals surface area contributed by atoms with Gasteiger partial charge in [-0.05, 0) is 18.8 Å². The lowest BCUT2D eigenvalue weighted by molar-refractivity contribution is -0.136. The zero-order valence-electron chi connectivity index (χ0n) is 7.43. The van der Waals surface area contributed by atoms with Crippen molar-refractivity contribution in [3.05, 3.63) is 11.1 Å². The van der Waals surface area contributed by atoms with Gasteiger partial charge >= 0.3 is 11.9 Å². The van der Waals surface area contributed by atoms with Gasteiger partial charge in [-0.2, -0.15) is 0 Å². The van der Waals surface area contributed by atoms with Crippen LogP contribution in [0.2, 0.25) is 0 Å². The lowest BCUT2D eigenvalue weighted by atomic mass is 9.88. The van der Waals surface area contributed by atoms with Crippen LogP contribution in [-0.4, -0.2) is 28.2 Å². The summed E-state index contributed by atoms with van der Waals surface area (Å²) in [6, 6.07) is -0.186. The Hall–Kier alpha value is -1.36. The van der Waals surface area contributed by atoms with Gasteiger partial charge in [0.1, 0.15) is 0 Å². The maximum Gasteiger partial charge on any atom is 0.332 e. The van der Waals surface area contributed by atoms with Crippen LogP contribution < -0.4 is 5.73 Å². The molecule has 0 saturated heterocycles. The fraction of sp³-hybridized carbons (Fsp3) is 0.556. The van der Waals surface area contributed by atoms with Crippen LogP contribution >= 0.6 is 0 Å². The minimum Gasteiger partial charge on any atom is -0.478 e. The van der Waals surface area contributed by atoms with Crippen molar-refractivity contribution < 1.29 is 19.8 Å². The third-order valence-corrected chi connectivity index (χ3v) is 3.14. The second kappa shape index (κ2) is 2.81. The summed E-state index contributed by atoms with van der Waals surface area (Å²) in [4.78, 5) is 21.7. The normalized spacial score (nSPS) is 35.1. The van der Waals surface area contributed by atoms with E-state index in [-0.39, 0.29) is 29.0 Å². The molecule has 5 heteroatoms. The Morgan fingerprint density at radius 1 is 1.14 bits per heavy atom. The summed E-state index contributed by atoms with van der Waals surface area (Å²) >= 11 is 0. The maximum atomic E-state index is 10.9. The smallest absolute Gasteiger partial charge is 0.332 e. The molecule has 4 N–H and O–H groups in total. The Morgan fingerprint density at radius 2 is 1.71 bits per heavy atom. The molecule has 76 valence electrons. The van der Waals surface area contributed by atoms with Crippen molar-refractivity contribution in [3.63, 3.8) is 0 Å². The average molecular weight is 197 g/mol. The van der Waals surface area contributed by atoms with E-state index in [1.165, 1.54) is 0 Å². The first kappa shape index (κ1) is 9.21. The zero-order valence-corrected chi connectivity index (χ0v) is 7.43. The largest absolute Gasteiger partial charge is 0.478 e. The minimum absolute atomic E-state index is 0.0289. The monoisotopic (exact) mass is 197 g/mol. The quantitative estimate of drug-likeness (QED) is 0.570. The van der Waals surface area contributed by atoms with Crippen molar-refractivity contribution in [1.82, 2.24) is 0 Å². The summed E-state index contributed by atoms with van der Waals surface area (Å²) in [6.07, 6.45) is 1.19. The van der Waals surface area contributed by atoms with Gasteiger partial charge in [0.05, 0.1) is 11.1 Å². The van der Waals surface area contributed by atoms with Crippen LogP contribution in [0.15, 0.2) is 11.1 Å². The number of aliphatic carboxylic acids is 2. The lowest BCUT2D eigenvalue weighted by Gasteiger charge is -2.19. The van der Waals surface area contributed by atoms with Crippen LogP contribution in [0.3, 0.4) is 0 Å². The Balaban J connectivity index is 2.47. The molecule has 0 amide bonds. The molecule has 0 aromatic rings. The van der Waals surface area contributed by atoms with Crippen LogP contribution in [0.1, 0.15) is 12.8 Å². The van der Waals surface area contributed by atoms with Gasteiger partial charge in [0, 0.05) is 12.0 Å². The molecule has 3 atom stereocenters. The molecule has 0 heterocycles. The van der Waals surface area contributed by atoms with Crippen molar-refractivity contribution in [2.45, 2.75) is 18.9 Å². The highest BCUT2D eigenvalue weighted by atomic mass is 16.4. The first-order chi connectivity index (χ1) is 6.52. The van der Waals surface area contributed by atoms with E-state index in [0.717, 1.165) is 0 Å². The molecule has 0 aromatic heterocycles. The topological polar surface area (TPSA) is 101 Å². The Kier molecular flexibility index (Phi) is 1.85. The van der Waals surface area contributed by atoms with Crippen molar-refractivity contribution in [2.24, 2.45) is 17.6 Å². The highest BCUT2D eigenvalue weighted by Gasteiger charge is 2.48. The zero-order chi connectivity index (χ0) is 10.5. The number of fused-ring (bicyclic) bond motifs is 2. The molecule has 0 unspecified atom stereocenters. The fourth-order valence-electron chi connectivity index (χ4n) is 2.62. The van der Waals surface area contributed by atoms with Crippen LogP contribution in [0.5, 0.6) is 0 Å². The molecule has 1 fully saturated rings. The van der Waals surface area contributed by atoms with Gasteiger partial charge in [-0.15, -0.1) is 0 Å². The van der Waals surface area contributed by atoms with Crippen LogP contribution in [-0.2, 0) is 9.59 Å². The van der Waals surface area contributed by atoms with Crippen molar-refractivity contribution in [1.29, 1.82) is 0 Å². The number of carbonyl (C=O) groups is 2. The predicted octanol–water partition coefficient (Wildman–Crippen LogP) is -0.181. The average Bonchev–Trinajstić information content (AvgIpc) is 2.58. The Labute approximate surface area is 80.2 Å². The number of carboxylic acid groups (broad SMARTS) is 2. The highest BCUT2D eigenvalue weighted by Crippen LogP contribution is 2.47. The molecule has 2 bridgehead atoms. The van der Waals surface area contributed by atoms with Gasteiger partial charge in [-0.25, -0.2) is 9.59 Å². The van der Waals surface area contributed by atoms with E-state index in [0.29, 0.717) is 12.8 Å². The number of carboxylic acids is 2. The molecule has 2 rings (SSSR count). The molecule has 2 aliphatic carbocycles. The predicted molar refractivity (Wildman–Crippen MR) is 46.5 cm³/mol. The van der Waals surface area contributed by atoms with E-state index in [1.54, 1.807) is 0 Å². The second-order valence-corrected chi connectivity index (χ2v) is 3.88. The molecule has 0 aromatic carbocycles. The third-order valence-electron chi connectivity index (χ3n) is 3.14. The van der Waals surface area contributed by atoms with Crippen LogP contribution in [0, 0.1) is 11.8 Å². The molecule has 0 radical (unpaired) electrons. The molecular formula is C9H11NO4. The van der Waals surface area contributed by atoms with Crippen molar-refractivity contribution in [3.8, 4) is 0 Å². The number of nitrogens with two attached hydrogens (primary N) is 1. The van der Waals surface area contributed by atoms with Gasteiger partial charge in [-0.3, -0.25) is 0 Å². The number of rotatable bonds is 2. The van der Waals surface area contributed by atoms with E-state index in [9.17, 15) is 9.59 Å². The molecule has 0 aliphatic heterocycles. The summed E-state index contributed by atoms with van der Waals surface area (Å²) < 4.78 is 0. The van der Waals surface area contributed by atoms with E-state index in [4.69, 9.17) is 15.9 Å².